The molecule has 1 rings (SSSR count). The second kappa shape index (κ2) is 5.29. The fourth-order valence-corrected chi connectivity index (χ4v) is 1.26. The second-order valence-electron chi connectivity index (χ2n) is 3.45. The minimum absolute atomic E-state index is 0.0270. The normalized spacial score (nSPS) is 11.7. The zero-order valence-electron chi connectivity index (χ0n) is 9.49. The smallest absolute Gasteiger partial charge is 0.327 e. The first-order valence-corrected chi connectivity index (χ1v) is 4.89. The molecule has 1 aromatic carbocycles. The molecule has 0 bridgehead atoms. The Kier molecular flexibility index (Phi) is 4.03. The fraction of sp³-hybridized carbons (Fsp3) is 0.273. The van der Waals surface area contributed by atoms with Gasteiger partial charge in [0.25, 0.3) is 0 Å². The van der Waals surface area contributed by atoms with Crippen LogP contribution < -0.4 is 11.1 Å². The van der Waals surface area contributed by atoms with Gasteiger partial charge in [0.2, 0.25) is 5.91 Å². The molecular formula is C11H13FN2O3. The van der Waals surface area contributed by atoms with Crippen molar-refractivity contribution in [1.82, 2.24) is 0 Å². The minimum Gasteiger partial charge on any atom is -0.467 e. The molecule has 0 aromatic heterocycles. The van der Waals surface area contributed by atoms with Crippen molar-refractivity contribution in [3.8, 4) is 0 Å². The van der Waals surface area contributed by atoms with Gasteiger partial charge in [-0.05, 0) is 25.1 Å². The van der Waals surface area contributed by atoms with E-state index < -0.39 is 23.7 Å². The summed E-state index contributed by atoms with van der Waals surface area (Å²) in [5.74, 6) is -1.78. The molecule has 3 N–H and O–H groups in total. The Bertz CT molecular complexity index is 448. The van der Waals surface area contributed by atoms with E-state index in [4.69, 9.17) is 5.73 Å². The molecule has 1 unspecified atom stereocenters. The lowest BCUT2D eigenvalue weighted by Crippen LogP contribution is -2.27. The SMILES string of the molecule is COC(=O)C(C)Nc1cc(C(N)=O)ccc1F. The number of amides is 1. The average Bonchev–Trinajstić information content (AvgIpc) is 2.30. The number of carbonyl (C=O) groups is 2. The van der Waals surface area contributed by atoms with E-state index in [0.29, 0.717) is 0 Å². The van der Waals surface area contributed by atoms with Crippen LogP contribution in [0.1, 0.15) is 17.3 Å². The Morgan fingerprint density at radius 2 is 2.12 bits per heavy atom. The van der Waals surface area contributed by atoms with Crippen LogP contribution in [0.25, 0.3) is 0 Å². The van der Waals surface area contributed by atoms with Crippen LogP contribution >= 0.6 is 0 Å². The van der Waals surface area contributed by atoms with Crippen LogP contribution in [0.3, 0.4) is 0 Å². The van der Waals surface area contributed by atoms with E-state index in [-0.39, 0.29) is 11.3 Å². The number of nitrogens with one attached hydrogen (secondary N) is 1. The minimum atomic E-state index is -0.724. The summed E-state index contributed by atoms with van der Waals surface area (Å²) in [5.41, 5.74) is 5.25. The number of hydrogen-bond donors (Lipinski definition) is 2. The zero-order chi connectivity index (χ0) is 13.0. The van der Waals surface area contributed by atoms with Crippen molar-refractivity contribution in [2.75, 3.05) is 12.4 Å². The zero-order valence-corrected chi connectivity index (χ0v) is 9.49. The Labute approximate surface area is 97.7 Å². The van der Waals surface area contributed by atoms with Gasteiger partial charge in [-0.1, -0.05) is 0 Å². The summed E-state index contributed by atoms with van der Waals surface area (Å²) < 4.78 is 17.9. The molecule has 6 heteroatoms. The molecule has 0 aliphatic carbocycles. The van der Waals surface area contributed by atoms with Crippen molar-refractivity contribution < 1.29 is 18.7 Å². The van der Waals surface area contributed by atoms with Crippen LogP contribution in [0, 0.1) is 5.82 Å². The molecule has 0 saturated carbocycles. The van der Waals surface area contributed by atoms with Crippen molar-refractivity contribution in [1.29, 1.82) is 0 Å². The molecule has 1 atom stereocenters. The summed E-state index contributed by atoms with van der Waals surface area (Å²) in [6.45, 7) is 1.52. The van der Waals surface area contributed by atoms with Crippen LogP contribution in [-0.2, 0) is 9.53 Å². The number of esters is 1. The standard InChI is InChI=1S/C11H13FN2O3/c1-6(11(16)17-2)14-9-5-7(10(13)15)3-4-8(9)12/h3-6,14H,1-2H3,(H2,13,15). The number of benzene rings is 1. The third-order valence-corrected chi connectivity index (χ3v) is 2.18. The summed E-state index contributed by atoms with van der Waals surface area (Å²) in [6, 6.07) is 2.90. The highest BCUT2D eigenvalue weighted by Gasteiger charge is 2.15. The number of hydrogen-bond acceptors (Lipinski definition) is 4. The first-order chi connectivity index (χ1) is 7.95. The highest BCUT2D eigenvalue weighted by Crippen LogP contribution is 2.17. The van der Waals surface area contributed by atoms with E-state index in [1.807, 2.05) is 0 Å². The molecule has 92 valence electrons. The lowest BCUT2D eigenvalue weighted by Gasteiger charge is -2.14. The van der Waals surface area contributed by atoms with E-state index in [2.05, 4.69) is 10.1 Å². The maximum atomic E-state index is 13.4. The van der Waals surface area contributed by atoms with Crippen molar-refractivity contribution in [3.63, 3.8) is 0 Å². The molecule has 1 amide bonds. The van der Waals surface area contributed by atoms with Gasteiger partial charge >= 0.3 is 5.97 Å². The van der Waals surface area contributed by atoms with Gasteiger partial charge < -0.3 is 15.8 Å². The number of carbonyl (C=O) groups excluding carboxylic acids is 2. The largest absolute Gasteiger partial charge is 0.467 e. The van der Waals surface area contributed by atoms with Crippen LogP contribution in [0.4, 0.5) is 10.1 Å². The lowest BCUT2D eigenvalue weighted by molar-refractivity contribution is -0.141. The predicted octanol–water partition coefficient (Wildman–Crippen LogP) is 0.898. The van der Waals surface area contributed by atoms with E-state index >= 15 is 0 Å². The summed E-state index contributed by atoms with van der Waals surface area (Å²) in [7, 11) is 1.23. The molecule has 0 saturated heterocycles. The number of anilines is 1. The number of ether oxygens (including phenoxy) is 1. The van der Waals surface area contributed by atoms with Gasteiger partial charge in [0.15, 0.2) is 0 Å². The topological polar surface area (TPSA) is 81.4 Å². The molecule has 0 fully saturated rings. The Morgan fingerprint density at radius 3 is 2.65 bits per heavy atom. The molecule has 5 nitrogen and oxygen atoms in total. The molecule has 17 heavy (non-hydrogen) atoms. The van der Waals surface area contributed by atoms with Crippen LogP contribution in [0.2, 0.25) is 0 Å². The number of methoxy groups -OCH3 is 1. The number of primary amides is 1. The van der Waals surface area contributed by atoms with Gasteiger partial charge in [0.1, 0.15) is 11.9 Å². The van der Waals surface area contributed by atoms with Crippen molar-refractivity contribution in [2.24, 2.45) is 5.73 Å². The molecule has 0 aliphatic rings. The lowest BCUT2D eigenvalue weighted by atomic mass is 10.1. The fourth-order valence-electron chi connectivity index (χ4n) is 1.26. The number of rotatable bonds is 4. The maximum Gasteiger partial charge on any atom is 0.327 e. The third kappa shape index (κ3) is 3.17. The molecule has 0 aliphatic heterocycles. The van der Waals surface area contributed by atoms with Crippen LogP contribution in [0.5, 0.6) is 0 Å². The number of nitrogens with two attached hydrogens (primary N) is 1. The summed E-state index contributed by atoms with van der Waals surface area (Å²) >= 11 is 0. The van der Waals surface area contributed by atoms with Gasteiger partial charge in [0, 0.05) is 5.56 Å². The van der Waals surface area contributed by atoms with Crippen LogP contribution in [0.15, 0.2) is 18.2 Å². The summed E-state index contributed by atoms with van der Waals surface area (Å²) in [4.78, 5) is 22.1. The maximum absolute atomic E-state index is 13.4. The predicted molar refractivity (Wildman–Crippen MR) is 60.0 cm³/mol. The molecule has 0 spiro atoms. The average molecular weight is 240 g/mol. The van der Waals surface area contributed by atoms with E-state index in [9.17, 15) is 14.0 Å². The highest BCUT2D eigenvalue weighted by molar-refractivity contribution is 5.94. The van der Waals surface area contributed by atoms with E-state index in [0.717, 1.165) is 6.07 Å². The first kappa shape index (κ1) is 13.0. The van der Waals surface area contributed by atoms with Crippen molar-refractivity contribution in [2.45, 2.75) is 13.0 Å². The van der Waals surface area contributed by atoms with E-state index in [1.54, 1.807) is 0 Å². The number of halogens is 1. The quantitative estimate of drug-likeness (QED) is 0.766. The third-order valence-electron chi connectivity index (χ3n) is 2.18. The van der Waals surface area contributed by atoms with Crippen molar-refractivity contribution in [3.05, 3.63) is 29.6 Å². The van der Waals surface area contributed by atoms with Gasteiger partial charge in [-0.3, -0.25) is 4.79 Å². The van der Waals surface area contributed by atoms with Crippen molar-refractivity contribution >= 4 is 17.6 Å². The second-order valence-corrected chi connectivity index (χ2v) is 3.45. The first-order valence-electron chi connectivity index (χ1n) is 4.89. The van der Waals surface area contributed by atoms with Gasteiger partial charge in [-0.2, -0.15) is 0 Å². The molecule has 0 radical (unpaired) electrons. The molecule has 1 aromatic rings. The molecule has 0 heterocycles. The Balaban J connectivity index is 2.93. The summed E-state index contributed by atoms with van der Waals surface area (Å²) in [5, 5.41) is 2.60. The van der Waals surface area contributed by atoms with E-state index in [1.165, 1.54) is 26.2 Å². The monoisotopic (exact) mass is 240 g/mol. The van der Waals surface area contributed by atoms with Gasteiger partial charge in [0.05, 0.1) is 12.8 Å². The van der Waals surface area contributed by atoms with Gasteiger partial charge in [-0.25, -0.2) is 9.18 Å². The molecular weight excluding hydrogens is 227 g/mol. The summed E-state index contributed by atoms with van der Waals surface area (Å²) in [6.07, 6.45) is 0. The Morgan fingerprint density at radius 1 is 1.47 bits per heavy atom. The van der Waals surface area contributed by atoms with Gasteiger partial charge in [-0.15, -0.1) is 0 Å². The van der Waals surface area contributed by atoms with Crippen LogP contribution in [-0.4, -0.2) is 25.0 Å². The highest BCUT2D eigenvalue weighted by atomic mass is 19.1. The Hall–Kier alpha value is -2.11.